The summed E-state index contributed by atoms with van der Waals surface area (Å²) in [6.07, 6.45) is 8.24. The van der Waals surface area contributed by atoms with E-state index in [1.165, 1.54) is 18.2 Å². The molecule has 0 radical (unpaired) electrons. The summed E-state index contributed by atoms with van der Waals surface area (Å²) in [5.41, 5.74) is 8.74. The smallest absolute Gasteiger partial charge is 0.203 e. The molecule has 8 heteroatoms. The molecule has 0 aliphatic carbocycles. The number of hydrogen-bond acceptors (Lipinski definition) is 5. The van der Waals surface area contributed by atoms with Crippen LogP contribution >= 0.6 is 0 Å². The van der Waals surface area contributed by atoms with E-state index in [1.807, 2.05) is 18.5 Å². The third-order valence-corrected chi connectivity index (χ3v) is 9.25. The van der Waals surface area contributed by atoms with Gasteiger partial charge in [0.15, 0.2) is 0 Å². The average Bonchev–Trinajstić information content (AvgIpc) is 3.89. The van der Waals surface area contributed by atoms with Gasteiger partial charge in [-0.2, -0.15) is 0 Å². The summed E-state index contributed by atoms with van der Waals surface area (Å²) in [6, 6.07) is 26.6. The molecule has 43 heavy (non-hydrogen) atoms. The SMILES string of the molecule is c1ccc([C@H]2Oc3cc(-c4cnc([C@@H]5CCCN5)[nH]4)ccc3-c3cc4cc(-c5cnc([C@@H]6CCCN6)[nH]5)ccc4n32)cc1. The summed E-state index contributed by atoms with van der Waals surface area (Å²) in [5, 5.41) is 8.25. The Labute approximate surface area is 249 Å². The highest BCUT2D eigenvalue weighted by Crippen LogP contribution is 2.46. The Bertz CT molecular complexity index is 1940. The van der Waals surface area contributed by atoms with Gasteiger partial charge in [0.2, 0.25) is 6.23 Å². The molecule has 0 spiro atoms. The highest BCUT2D eigenvalue weighted by molar-refractivity contribution is 5.92. The zero-order valence-corrected chi connectivity index (χ0v) is 23.8. The van der Waals surface area contributed by atoms with Gasteiger partial charge in [-0.25, -0.2) is 9.97 Å². The molecule has 6 heterocycles. The number of ether oxygens (including phenoxy) is 1. The van der Waals surface area contributed by atoms with Gasteiger partial charge in [-0.05, 0) is 69.1 Å². The highest BCUT2D eigenvalue weighted by Gasteiger charge is 2.30. The molecular formula is C35H33N7O. The number of imidazole rings is 2. The van der Waals surface area contributed by atoms with E-state index in [0.717, 1.165) is 88.2 Å². The van der Waals surface area contributed by atoms with Crippen LogP contribution in [0.25, 0.3) is 44.7 Å². The first-order chi connectivity index (χ1) is 21.3. The Morgan fingerprint density at radius 2 is 1.40 bits per heavy atom. The molecule has 4 N–H and O–H groups in total. The number of aromatic amines is 2. The maximum absolute atomic E-state index is 6.85. The molecule has 8 nitrogen and oxygen atoms in total. The third-order valence-electron chi connectivity index (χ3n) is 9.25. The van der Waals surface area contributed by atoms with Crippen molar-refractivity contribution in [1.82, 2.24) is 35.1 Å². The van der Waals surface area contributed by atoms with Crippen LogP contribution in [0.3, 0.4) is 0 Å². The Morgan fingerprint density at radius 3 is 2.07 bits per heavy atom. The number of nitrogens with zero attached hydrogens (tertiary/aromatic N) is 3. The van der Waals surface area contributed by atoms with Crippen LogP contribution in [0.1, 0.15) is 61.2 Å². The van der Waals surface area contributed by atoms with Gasteiger partial charge >= 0.3 is 0 Å². The van der Waals surface area contributed by atoms with E-state index in [0.29, 0.717) is 12.1 Å². The Balaban J connectivity index is 1.13. The second-order valence-corrected chi connectivity index (χ2v) is 11.9. The van der Waals surface area contributed by atoms with Crippen molar-refractivity contribution in [3.05, 3.63) is 102 Å². The standard InChI is InChI=1S/C35H33N7O/c1-2-6-21(7-3-1)35-42-30-13-11-22(28-19-38-33(40-28)26-8-4-14-36-26)16-24(30)17-31(42)25-12-10-23(18-32(25)43-35)29-20-39-34(41-29)27-9-5-15-37-27/h1-3,6-7,10-13,16-20,26-27,35-37H,4-5,8-9,14-15H2,(H,38,40)(H,39,41)/t26-,27-,35+/m0/s1. The second-order valence-electron chi connectivity index (χ2n) is 11.9. The highest BCUT2D eigenvalue weighted by atomic mass is 16.5. The molecule has 2 saturated heterocycles. The maximum Gasteiger partial charge on any atom is 0.203 e. The van der Waals surface area contributed by atoms with Crippen molar-refractivity contribution in [2.24, 2.45) is 0 Å². The van der Waals surface area contributed by atoms with Crippen molar-refractivity contribution < 1.29 is 4.74 Å². The van der Waals surface area contributed by atoms with Crippen LogP contribution < -0.4 is 15.4 Å². The molecule has 3 aromatic heterocycles. The maximum atomic E-state index is 6.85. The molecule has 3 atom stereocenters. The van der Waals surface area contributed by atoms with Crippen LogP contribution in [-0.2, 0) is 0 Å². The van der Waals surface area contributed by atoms with Crippen LogP contribution in [0.2, 0.25) is 0 Å². The van der Waals surface area contributed by atoms with E-state index in [1.54, 1.807) is 0 Å². The first-order valence-corrected chi connectivity index (χ1v) is 15.4. The van der Waals surface area contributed by atoms with Crippen LogP contribution in [0.4, 0.5) is 0 Å². The largest absolute Gasteiger partial charge is 0.465 e. The van der Waals surface area contributed by atoms with E-state index >= 15 is 0 Å². The number of fused-ring (bicyclic) bond motifs is 5. The lowest BCUT2D eigenvalue weighted by molar-refractivity contribution is 0.173. The Kier molecular flexibility index (Phi) is 5.77. The first-order valence-electron chi connectivity index (χ1n) is 15.4. The lowest BCUT2D eigenvalue weighted by Crippen LogP contribution is -2.22. The Hall–Kier alpha value is -4.66. The minimum absolute atomic E-state index is 0.283. The third kappa shape index (κ3) is 4.20. The summed E-state index contributed by atoms with van der Waals surface area (Å²) in [5.74, 6) is 2.90. The summed E-state index contributed by atoms with van der Waals surface area (Å²) >= 11 is 0. The fourth-order valence-electron chi connectivity index (χ4n) is 7.03. The zero-order valence-electron chi connectivity index (χ0n) is 23.8. The fraction of sp³-hybridized carbons (Fsp3) is 0.257. The predicted molar refractivity (Wildman–Crippen MR) is 168 cm³/mol. The minimum atomic E-state index is -0.283. The quantitative estimate of drug-likeness (QED) is 0.182. The topological polar surface area (TPSA) is 95.6 Å². The van der Waals surface area contributed by atoms with Gasteiger partial charge in [-0.3, -0.25) is 0 Å². The van der Waals surface area contributed by atoms with Gasteiger partial charge in [0.05, 0.1) is 47.1 Å². The summed E-state index contributed by atoms with van der Waals surface area (Å²) < 4.78 is 9.18. The molecule has 6 aromatic rings. The molecule has 3 aliphatic heterocycles. The number of H-pyrrole nitrogens is 2. The van der Waals surface area contributed by atoms with Crippen molar-refractivity contribution in [2.75, 3.05) is 13.1 Å². The number of rotatable bonds is 5. The molecule has 3 aliphatic rings. The van der Waals surface area contributed by atoms with Crippen molar-refractivity contribution in [2.45, 2.75) is 44.0 Å². The molecular weight excluding hydrogens is 534 g/mol. The number of aromatic nitrogens is 5. The normalized spacial score (nSPS) is 21.2. The van der Waals surface area contributed by atoms with E-state index in [2.05, 4.69) is 91.9 Å². The van der Waals surface area contributed by atoms with Crippen molar-refractivity contribution in [1.29, 1.82) is 0 Å². The minimum Gasteiger partial charge on any atom is -0.465 e. The summed E-state index contributed by atoms with van der Waals surface area (Å²) in [7, 11) is 0. The van der Waals surface area contributed by atoms with Crippen LogP contribution in [-0.4, -0.2) is 37.6 Å². The second kappa shape index (κ2) is 9.97. The lowest BCUT2D eigenvalue weighted by atomic mass is 10.0. The van der Waals surface area contributed by atoms with Gasteiger partial charge in [0, 0.05) is 27.6 Å². The van der Waals surface area contributed by atoms with Gasteiger partial charge in [-0.15, -0.1) is 0 Å². The van der Waals surface area contributed by atoms with Crippen molar-refractivity contribution in [3.8, 4) is 39.5 Å². The first kappa shape index (κ1) is 24.9. The molecule has 9 rings (SSSR count). The average molecular weight is 568 g/mol. The molecule has 0 bridgehead atoms. The van der Waals surface area contributed by atoms with E-state index < -0.39 is 0 Å². The lowest BCUT2D eigenvalue weighted by Gasteiger charge is -2.30. The van der Waals surface area contributed by atoms with Crippen molar-refractivity contribution in [3.63, 3.8) is 0 Å². The van der Waals surface area contributed by atoms with Gasteiger partial charge in [0.25, 0.3) is 0 Å². The monoisotopic (exact) mass is 567 g/mol. The number of nitrogens with one attached hydrogen (secondary N) is 4. The molecule has 214 valence electrons. The fourth-order valence-corrected chi connectivity index (χ4v) is 7.03. The van der Waals surface area contributed by atoms with Crippen LogP contribution in [0, 0.1) is 0 Å². The predicted octanol–water partition coefficient (Wildman–Crippen LogP) is 6.88. The zero-order chi connectivity index (χ0) is 28.3. The molecule has 0 unspecified atom stereocenters. The molecule has 0 saturated carbocycles. The van der Waals surface area contributed by atoms with Crippen LogP contribution in [0.5, 0.6) is 5.75 Å². The molecule has 0 amide bonds. The molecule has 2 fully saturated rings. The van der Waals surface area contributed by atoms with Gasteiger partial charge in [0.1, 0.15) is 17.4 Å². The summed E-state index contributed by atoms with van der Waals surface area (Å²) in [4.78, 5) is 16.5. The number of benzene rings is 3. The summed E-state index contributed by atoms with van der Waals surface area (Å²) in [6.45, 7) is 2.10. The number of hydrogen-bond donors (Lipinski definition) is 4. The van der Waals surface area contributed by atoms with Crippen molar-refractivity contribution >= 4 is 10.9 Å². The van der Waals surface area contributed by atoms with Crippen LogP contribution in [0.15, 0.2) is 85.2 Å². The van der Waals surface area contributed by atoms with E-state index in [4.69, 9.17) is 14.7 Å². The van der Waals surface area contributed by atoms with Gasteiger partial charge in [-0.1, -0.05) is 42.5 Å². The Morgan fingerprint density at radius 1 is 0.721 bits per heavy atom. The van der Waals surface area contributed by atoms with Gasteiger partial charge < -0.3 is 29.9 Å². The van der Waals surface area contributed by atoms with E-state index in [-0.39, 0.29) is 6.23 Å². The molecule has 3 aromatic carbocycles. The van der Waals surface area contributed by atoms with E-state index in [9.17, 15) is 0 Å².